The average Bonchev–Trinajstić information content (AvgIpc) is 2.23. The van der Waals surface area contributed by atoms with Crippen molar-refractivity contribution < 1.29 is 24.4 Å². The SMILES string of the molecule is CCCCC(=O)OOOC(=O)CCCC. The van der Waals surface area contributed by atoms with Gasteiger partial charge in [-0.25, -0.2) is 9.59 Å². The Morgan fingerprint density at radius 2 is 1.27 bits per heavy atom. The van der Waals surface area contributed by atoms with E-state index in [9.17, 15) is 9.59 Å². The van der Waals surface area contributed by atoms with Crippen LogP contribution in [0, 0.1) is 0 Å². The van der Waals surface area contributed by atoms with Crippen LogP contribution in [0.1, 0.15) is 52.4 Å². The molecule has 0 aliphatic carbocycles. The van der Waals surface area contributed by atoms with Gasteiger partial charge in [-0.1, -0.05) is 26.7 Å². The van der Waals surface area contributed by atoms with Crippen LogP contribution < -0.4 is 0 Å². The maximum Gasteiger partial charge on any atom is 0.346 e. The topological polar surface area (TPSA) is 61.8 Å². The molecule has 88 valence electrons. The Morgan fingerprint density at radius 3 is 1.60 bits per heavy atom. The number of unbranched alkanes of at least 4 members (excludes halogenated alkanes) is 2. The van der Waals surface area contributed by atoms with Gasteiger partial charge in [0.25, 0.3) is 0 Å². The summed E-state index contributed by atoms with van der Waals surface area (Å²) in [5.74, 6) is -1.06. The maximum absolute atomic E-state index is 10.9. The molecule has 0 aromatic carbocycles. The molecule has 0 fully saturated rings. The minimum absolute atomic E-state index is 0.267. The van der Waals surface area contributed by atoms with Gasteiger partial charge in [0.2, 0.25) is 0 Å². The Balaban J connectivity index is 3.36. The van der Waals surface area contributed by atoms with E-state index >= 15 is 0 Å². The highest BCUT2D eigenvalue weighted by Gasteiger charge is 2.07. The van der Waals surface area contributed by atoms with Gasteiger partial charge >= 0.3 is 11.9 Å². The van der Waals surface area contributed by atoms with Crippen LogP contribution in [-0.2, 0) is 24.4 Å². The van der Waals surface area contributed by atoms with Gasteiger partial charge in [0.05, 0.1) is 0 Å². The van der Waals surface area contributed by atoms with Gasteiger partial charge < -0.3 is 0 Å². The summed E-state index contributed by atoms with van der Waals surface area (Å²) in [5.41, 5.74) is 0. The lowest BCUT2D eigenvalue weighted by Crippen LogP contribution is -2.10. The molecular formula is C10H18O5. The molecule has 0 N–H and O–H groups in total. The Morgan fingerprint density at radius 1 is 0.867 bits per heavy atom. The third kappa shape index (κ3) is 9.21. The molecule has 0 unspecified atom stereocenters. The Hall–Kier alpha value is -1.10. The van der Waals surface area contributed by atoms with Crippen molar-refractivity contribution in [2.75, 3.05) is 0 Å². The predicted molar refractivity (Wildman–Crippen MR) is 52.3 cm³/mol. The van der Waals surface area contributed by atoms with Crippen molar-refractivity contribution in [3.63, 3.8) is 0 Å². The summed E-state index contributed by atoms with van der Waals surface area (Å²) in [6.45, 7) is 3.91. The number of carbonyl (C=O) groups is 2. The van der Waals surface area contributed by atoms with Crippen LogP contribution in [0.2, 0.25) is 0 Å². The fraction of sp³-hybridized carbons (Fsp3) is 0.800. The number of rotatable bonds is 8. The molecule has 0 heterocycles. The van der Waals surface area contributed by atoms with Crippen LogP contribution in [0.5, 0.6) is 0 Å². The van der Waals surface area contributed by atoms with Gasteiger partial charge in [0, 0.05) is 17.9 Å². The summed E-state index contributed by atoms with van der Waals surface area (Å²) in [6, 6.07) is 0. The molecule has 0 spiro atoms. The van der Waals surface area contributed by atoms with Gasteiger partial charge in [0.1, 0.15) is 0 Å². The third-order valence-electron chi connectivity index (χ3n) is 1.72. The fourth-order valence-electron chi connectivity index (χ4n) is 0.818. The van der Waals surface area contributed by atoms with Gasteiger partial charge in [-0.2, -0.15) is 0 Å². The lowest BCUT2D eigenvalue weighted by molar-refractivity contribution is -0.459. The van der Waals surface area contributed by atoms with Crippen LogP contribution in [0.25, 0.3) is 0 Å². The zero-order valence-electron chi connectivity index (χ0n) is 9.28. The quantitative estimate of drug-likeness (QED) is 0.462. The average molecular weight is 218 g/mol. The van der Waals surface area contributed by atoms with Crippen LogP contribution in [0.3, 0.4) is 0 Å². The summed E-state index contributed by atoms with van der Waals surface area (Å²) in [4.78, 5) is 30.1. The highest BCUT2D eigenvalue weighted by Crippen LogP contribution is 2.00. The van der Waals surface area contributed by atoms with Crippen molar-refractivity contribution in [1.29, 1.82) is 0 Å². The normalized spacial score (nSPS) is 9.73. The van der Waals surface area contributed by atoms with E-state index in [0.29, 0.717) is 0 Å². The summed E-state index contributed by atoms with van der Waals surface area (Å²) < 4.78 is 0. The molecule has 0 rings (SSSR count). The van der Waals surface area contributed by atoms with Crippen LogP contribution >= 0.6 is 0 Å². The van der Waals surface area contributed by atoms with Gasteiger partial charge in [-0.05, 0) is 12.8 Å². The van der Waals surface area contributed by atoms with Crippen molar-refractivity contribution in [2.24, 2.45) is 0 Å². The van der Waals surface area contributed by atoms with E-state index in [1.165, 1.54) is 0 Å². The van der Waals surface area contributed by atoms with Crippen molar-refractivity contribution in [3.05, 3.63) is 0 Å². The first-order valence-corrected chi connectivity index (χ1v) is 5.27. The molecule has 0 aromatic rings. The highest BCUT2D eigenvalue weighted by atomic mass is 17.5. The summed E-state index contributed by atoms with van der Waals surface area (Å²) in [7, 11) is 0. The fourth-order valence-corrected chi connectivity index (χ4v) is 0.818. The molecule has 0 saturated heterocycles. The summed E-state index contributed by atoms with van der Waals surface area (Å²) in [6.07, 6.45) is 3.78. The predicted octanol–water partition coefficient (Wildman–Crippen LogP) is 2.30. The molecule has 0 aliphatic rings. The molecule has 0 aliphatic heterocycles. The number of hydrogen-bond donors (Lipinski definition) is 0. The van der Waals surface area contributed by atoms with Gasteiger partial charge in [0.15, 0.2) is 0 Å². The first-order valence-electron chi connectivity index (χ1n) is 5.27. The smallest absolute Gasteiger partial charge is 0.260 e. The van der Waals surface area contributed by atoms with Crippen molar-refractivity contribution in [2.45, 2.75) is 52.4 Å². The second kappa shape index (κ2) is 9.45. The van der Waals surface area contributed by atoms with Crippen LogP contribution in [0.4, 0.5) is 0 Å². The van der Waals surface area contributed by atoms with Crippen molar-refractivity contribution >= 4 is 11.9 Å². The molecule has 0 saturated carbocycles. The lowest BCUT2D eigenvalue weighted by Gasteiger charge is -2.01. The van der Waals surface area contributed by atoms with E-state index in [1.54, 1.807) is 0 Å². The Bertz CT molecular complexity index is 170. The molecule has 15 heavy (non-hydrogen) atoms. The number of hydrogen-bond acceptors (Lipinski definition) is 5. The summed E-state index contributed by atoms with van der Waals surface area (Å²) in [5, 5.41) is 4.05. The zero-order valence-corrected chi connectivity index (χ0v) is 9.28. The maximum atomic E-state index is 10.9. The van der Waals surface area contributed by atoms with E-state index in [4.69, 9.17) is 0 Å². The minimum Gasteiger partial charge on any atom is -0.260 e. The molecule has 0 bridgehead atoms. The molecule has 5 heteroatoms. The minimum atomic E-state index is -0.528. The number of carbonyl (C=O) groups excluding carboxylic acids is 2. The summed E-state index contributed by atoms with van der Waals surface area (Å²) >= 11 is 0. The standard InChI is InChI=1S/C10H18O5/c1-3-5-7-9(11)13-15-14-10(12)8-6-4-2/h3-8H2,1-2H3. The first-order chi connectivity index (χ1) is 7.20. The zero-order chi connectivity index (χ0) is 11.5. The van der Waals surface area contributed by atoms with Crippen molar-refractivity contribution in [1.82, 2.24) is 0 Å². The highest BCUT2D eigenvalue weighted by molar-refractivity contribution is 5.69. The second-order valence-corrected chi connectivity index (χ2v) is 3.19. The van der Waals surface area contributed by atoms with Gasteiger partial charge in [-0.15, -0.1) is 0 Å². The monoisotopic (exact) mass is 218 g/mol. The lowest BCUT2D eigenvalue weighted by atomic mass is 10.3. The Kier molecular flexibility index (Phi) is 8.76. The molecule has 0 radical (unpaired) electrons. The van der Waals surface area contributed by atoms with E-state index in [0.717, 1.165) is 25.7 Å². The van der Waals surface area contributed by atoms with Crippen LogP contribution in [0.15, 0.2) is 0 Å². The molecule has 0 atom stereocenters. The van der Waals surface area contributed by atoms with E-state index in [-0.39, 0.29) is 12.8 Å². The Labute approximate surface area is 89.5 Å². The first kappa shape index (κ1) is 13.9. The van der Waals surface area contributed by atoms with E-state index in [1.807, 2.05) is 13.8 Å². The molecule has 0 aromatic heterocycles. The van der Waals surface area contributed by atoms with E-state index in [2.05, 4.69) is 14.8 Å². The molecular weight excluding hydrogens is 200 g/mol. The second-order valence-electron chi connectivity index (χ2n) is 3.19. The van der Waals surface area contributed by atoms with Crippen LogP contribution in [-0.4, -0.2) is 11.9 Å². The molecule has 5 nitrogen and oxygen atoms in total. The largest absolute Gasteiger partial charge is 0.346 e. The molecule has 0 amide bonds. The van der Waals surface area contributed by atoms with Crippen molar-refractivity contribution in [3.8, 4) is 0 Å². The van der Waals surface area contributed by atoms with Gasteiger partial charge in [-0.3, -0.25) is 9.78 Å². The third-order valence-corrected chi connectivity index (χ3v) is 1.72. The van der Waals surface area contributed by atoms with E-state index < -0.39 is 11.9 Å².